The Balaban J connectivity index is 1.52. The van der Waals surface area contributed by atoms with Gasteiger partial charge in [-0.3, -0.25) is 9.69 Å². The number of nitrogens with one attached hydrogen (secondary N) is 1. The molecule has 40 heavy (non-hydrogen) atoms. The monoisotopic (exact) mass is 557 g/mol. The summed E-state index contributed by atoms with van der Waals surface area (Å²) in [5.41, 5.74) is 1.20. The second kappa shape index (κ2) is 12.6. The molecule has 1 amide bonds. The zero-order chi connectivity index (χ0) is 28.7. The van der Waals surface area contributed by atoms with E-state index in [0.717, 1.165) is 17.7 Å². The first-order chi connectivity index (χ1) is 19.1. The van der Waals surface area contributed by atoms with Crippen molar-refractivity contribution < 1.29 is 36.2 Å². The van der Waals surface area contributed by atoms with E-state index in [2.05, 4.69) is 10.3 Å². The highest BCUT2D eigenvalue weighted by Crippen LogP contribution is 2.31. The summed E-state index contributed by atoms with van der Waals surface area (Å²) in [6.07, 6.45) is -3.26. The number of aromatic nitrogens is 1. The molecule has 7 nitrogen and oxygen atoms in total. The third-order valence-electron chi connectivity index (χ3n) is 6.06. The van der Waals surface area contributed by atoms with Crippen LogP contribution in [0.15, 0.2) is 77.4 Å². The largest absolute Gasteiger partial charge is 0.497 e. The van der Waals surface area contributed by atoms with Gasteiger partial charge in [-0.15, -0.1) is 0 Å². The number of carbonyl (C=O) groups is 1. The van der Waals surface area contributed by atoms with Crippen LogP contribution in [0.1, 0.15) is 38.6 Å². The molecule has 210 valence electrons. The summed E-state index contributed by atoms with van der Waals surface area (Å²) in [5.74, 6) is 0.473. The Hall–Kier alpha value is -4.38. The molecule has 11 heteroatoms. The van der Waals surface area contributed by atoms with Crippen molar-refractivity contribution in [1.82, 2.24) is 15.2 Å². The van der Waals surface area contributed by atoms with E-state index >= 15 is 0 Å². The number of amides is 1. The van der Waals surface area contributed by atoms with E-state index in [9.17, 15) is 22.4 Å². The lowest BCUT2D eigenvalue weighted by Crippen LogP contribution is -2.24. The molecule has 0 aliphatic heterocycles. The number of benzene rings is 3. The van der Waals surface area contributed by atoms with Crippen LogP contribution in [0.5, 0.6) is 11.5 Å². The molecular formula is C29H27F4N3O4. The van der Waals surface area contributed by atoms with E-state index in [4.69, 9.17) is 13.9 Å². The van der Waals surface area contributed by atoms with Gasteiger partial charge in [0.25, 0.3) is 5.91 Å². The van der Waals surface area contributed by atoms with Crippen molar-refractivity contribution >= 4 is 5.91 Å². The van der Waals surface area contributed by atoms with Gasteiger partial charge >= 0.3 is 6.18 Å². The molecule has 0 radical (unpaired) electrons. The third kappa shape index (κ3) is 7.60. The van der Waals surface area contributed by atoms with Crippen LogP contribution in [0.25, 0.3) is 0 Å². The zero-order valence-electron chi connectivity index (χ0n) is 21.8. The molecule has 0 atom stereocenters. The topological polar surface area (TPSA) is 76.8 Å². The third-order valence-corrected chi connectivity index (χ3v) is 6.06. The molecule has 0 unspecified atom stereocenters. The second-order valence-electron chi connectivity index (χ2n) is 8.96. The average Bonchev–Trinajstić information content (AvgIpc) is 3.41. The minimum absolute atomic E-state index is 0.0400. The molecule has 1 aromatic heterocycles. The normalized spacial score (nSPS) is 11.5. The van der Waals surface area contributed by atoms with E-state index in [1.807, 2.05) is 4.90 Å². The van der Waals surface area contributed by atoms with Crippen molar-refractivity contribution in [3.8, 4) is 11.5 Å². The predicted molar refractivity (Wildman–Crippen MR) is 138 cm³/mol. The molecule has 4 rings (SSSR count). The summed E-state index contributed by atoms with van der Waals surface area (Å²) in [6, 6.07) is 16.1. The molecule has 0 saturated heterocycles. The van der Waals surface area contributed by atoms with Crippen LogP contribution >= 0.6 is 0 Å². The Morgan fingerprint density at radius 1 is 0.950 bits per heavy atom. The first-order valence-corrected chi connectivity index (χ1v) is 12.2. The van der Waals surface area contributed by atoms with Gasteiger partial charge in [0.15, 0.2) is 5.69 Å². The first kappa shape index (κ1) is 28.6. The van der Waals surface area contributed by atoms with Gasteiger partial charge in [0.2, 0.25) is 5.89 Å². The molecule has 0 spiro atoms. The van der Waals surface area contributed by atoms with E-state index in [0.29, 0.717) is 22.6 Å². The Morgan fingerprint density at radius 3 is 2.42 bits per heavy atom. The summed E-state index contributed by atoms with van der Waals surface area (Å²) in [5, 5.41) is 2.69. The number of alkyl halides is 3. The number of hydrogen-bond acceptors (Lipinski definition) is 6. The summed E-state index contributed by atoms with van der Waals surface area (Å²) in [4.78, 5) is 18.7. The maximum absolute atomic E-state index is 13.3. The van der Waals surface area contributed by atoms with Gasteiger partial charge in [0.05, 0.1) is 26.3 Å². The molecule has 1 heterocycles. The number of oxazole rings is 1. The van der Waals surface area contributed by atoms with Crippen LogP contribution in [-0.2, 0) is 32.4 Å². The highest BCUT2D eigenvalue weighted by atomic mass is 19.4. The quantitative estimate of drug-likeness (QED) is 0.229. The molecule has 1 N–H and O–H groups in total. The van der Waals surface area contributed by atoms with Crippen LogP contribution in [0, 0.1) is 5.82 Å². The van der Waals surface area contributed by atoms with Crippen molar-refractivity contribution in [1.29, 1.82) is 0 Å². The Morgan fingerprint density at radius 2 is 1.73 bits per heavy atom. The summed E-state index contributed by atoms with van der Waals surface area (Å²) in [7, 11) is 3.05. The molecule has 0 fully saturated rings. The number of rotatable bonds is 11. The zero-order valence-corrected chi connectivity index (χ0v) is 21.8. The van der Waals surface area contributed by atoms with Crippen molar-refractivity contribution in [2.75, 3.05) is 14.2 Å². The predicted octanol–water partition coefficient (Wildman–Crippen LogP) is 5.98. The van der Waals surface area contributed by atoms with Gasteiger partial charge in [0, 0.05) is 31.3 Å². The number of halogens is 4. The molecule has 0 saturated carbocycles. The lowest BCUT2D eigenvalue weighted by atomic mass is 10.1. The van der Waals surface area contributed by atoms with Gasteiger partial charge < -0.3 is 19.2 Å². The standard InChI is InChI=1S/C29H27F4N3O4/c1-38-24-11-8-21(26(13-24)39-2)16-36(15-20-4-3-5-22(12-20)29(31,32)33)17-27-35-25(18-40-27)28(37)34-14-19-6-9-23(30)10-7-19/h3-13,18H,14-17H2,1-2H3,(H,34,37). The van der Waals surface area contributed by atoms with Gasteiger partial charge in [0.1, 0.15) is 23.6 Å². The number of hydrogen-bond donors (Lipinski definition) is 1. The Kier molecular flexibility index (Phi) is 9.05. The van der Waals surface area contributed by atoms with Crippen molar-refractivity contribution in [2.24, 2.45) is 0 Å². The van der Waals surface area contributed by atoms with E-state index in [1.54, 1.807) is 36.4 Å². The number of carbonyl (C=O) groups excluding carboxylic acids is 1. The van der Waals surface area contributed by atoms with E-state index < -0.39 is 17.6 Å². The SMILES string of the molecule is COc1ccc(CN(Cc2cccc(C(F)(F)F)c2)Cc2nc(C(=O)NCc3ccc(F)cc3)co2)c(OC)c1. The lowest BCUT2D eigenvalue weighted by molar-refractivity contribution is -0.137. The summed E-state index contributed by atoms with van der Waals surface area (Å²) in [6.45, 7) is 0.669. The number of methoxy groups -OCH3 is 2. The first-order valence-electron chi connectivity index (χ1n) is 12.2. The van der Waals surface area contributed by atoms with E-state index in [-0.39, 0.29) is 43.6 Å². The van der Waals surface area contributed by atoms with Crippen LogP contribution in [-0.4, -0.2) is 30.0 Å². The number of ether oxygens (including phenoxy) is 2. The molecule has 3 aromatic carbocycles. The van der Waals surface area contributed by atoms with Gasteiger partial charge in [-0.2, -0.15) is 13.2 Å². The fourth-order valence-corrected chi connectivity index (χ4v) is 4.05. The maximum Gasteiger partial charge on any atom is 0.416 e. The minimum atomic E-state index is -4.47. The van der Waals surface area contributed by atoms with Gasteiger partial charge in [-0.25, -0.2) is 9.37 Å². The Labute approximate surface area is 228 Å². The molecule has 4 aromatic rings. The van der Waals surface area contributed by atoms with Crippen LogP contribution in [0.3, 0.4) is 0 Å². The van der Waals surface area contributed by atoms with Crippen molar-refractivity contribution in [3.63, 3.8) is 0 Å². The highest BCUT2D eigenvalue weighted by Gasteiger charge is 2.30. The lowest BCUT2D eigenvalue weighted by Gasteiger charge is -2.23. The molecular weight excluding hydrogens is 530 g/mol. The molecule has 0 bridgehead atoms. The molecule has 0 aliphatic carbocycles. The van der Waals surface area contributed by atoms with E-state index in [1.165, 1.54) is 38.7 Å². The van der Waals surface area contributed by atoms with Crippen LogP contribution < -0.4 is 14.8 Å². The fraction of sp³-hybridized carbons (Fsp3) is 0.241. The van der Waals surface area contributed by atoms with Crippen LogP contribution in [0.2, 0.25) is 0 Å². The fourth-order valence-electron chi connectivity index (χ4n) is 4.05. The minimum Gasteiger partial charge on any atom is -0.497 e. The van der Waals surface area contributed by atoms with Crippen molar-refractivity contribution in [3.05, 3.63) is 113 Å². The highest BCUT2D eigenvalue weighted by molar-refractivity contribution is 5.91. The van der Waals surface area contributed by atoms with Crippen molar-refractivity contribution in [2.45, 2.75) is 32.4 Å². The van der Waals surface area contributed by atoms with Gasteiger partial charge in [-0.1, -0.05) is 36.4 Å². The maximum atomic E-state index is 13.3. The number of nitrogens with zero attached hydrogens (tertiary/aromatic N) is 2. The van der Waals surface area contributed by atoms with Crippen LogP contribution in [0.4, 0.5) is 17.6 Å². The average molecular weight is 558 g/mol. The molecule has 0 aliphatic rings. The Bertz CT molecular complexity index is 1440. The van der Waals surface area contributed by atoms with Gasteiger partial charge in [-0.05, 0) is 35.4 Å². The summed E-state index contributed by atoms with van der Waals surface area (Å²) < 4.78 is 69.3. The second-order valence-corrected chi connectivity index (χ2v) is 8.96. The smallest absolute Gasteiger partial charge is 0.416 e. The summed E-state index contributed by atoms with van der Waals surface area (Å²) >= 11 is 0.